The second-order valence-electron chi connectivity index (χ2n) is 7.78. The van der Waals surface area contributed by atoms with Gasteiger partial charge in [0.2, 0.25) is 0 Å². The lowest BCUT2D eigenvalue weighted by atomic mass is 9.89. The van der Waals surface area contributed by atoms with Gasteiger partial charge in [-0.2, -0.15) is 0 Å². The van der Waals surface area contributed by atoms with Crippen LogP contribution in [0, 0.1) is 12.8 Å². The molecule has 5 nitrogen and oxygen atoms in total. The average molecular weight is 378 g/mol. The highest BCUT2D eigenvalue weighted by Gasteiger charge is 2.27. The minimum absolute atomic E-state index is 0.664. The highest BCUT2D eigenvalue weighted by molar-refractivity contribution is 7.09. The number of likely N-dealkylation sites (tertiary alicyclic amines) is 1. The monoisotopic (exact) mass is 377 g/mol. The van der Waals surface area contributed by atoms with Crippen LogP contribution in [0.15, 0.2) is 10.4 Å². The molecule has 1 aliphatic heterocycles. The number of nitrogens with one attached hydrogen (secondary N) is 2. The third-order valence-corrected chi connectivity index (χ3v) is 6.61. The summed E-state index contributed by atoms with van der Waals surface area (Å²) in [6.45, 7) is 6.52. The summed E-state index contributed by atoms with van der Waals surface area (Å²) in [4.78, 5) is 11.6. The normalized spacial score (nSPS) is 22.7. The smallest absolute Gasteiger partial charge is 0.191 e. The Balaban J connectivity index is 1.37. The first kappa shape index (κ1) is 19.6. The molecule has 2 aliphatic rings. The molecule has 0 amide bonds. The lowest BCUT2D eigenvalue weighted by Crippen LogP contribution is -2.46. The van der Waals surface area contributed by atoms with Gasteiger partial charge < -0.3 is 10.6 Å². The first-order valence-electron chi connectivity index (χ1n) is 10.3. The Kier molecular flexibility index (Phi) is 7.74. The van der Waals surface area contributed by atoms with E-state index in [2.05, 4.69) is 37.8 Å². The Labute approximate surface area is 162 Å². The molecule has 1 unspecified atom stereocenters. The first-order valence-corrected chi connectivity index (χ1v) is 11.2. The van der Waals surface area contributed by atoms with Crippen molar-refractivity contribution in [3.8, 4) is 0 Å². The quantitative estimate of drug-likeness (QED) is 0.566. The number of hydrogen-bond donors (Lipinski definition) is 2. The number of aryl methyl sites for hydroxylation is 1. The van der Waals surface area contributed by atoms with Gasteiger partial charge in [-0.05, 0) is 45.1 Å². The van der Waals surface area contributed by atoms with E-state index < -0.39 is 0 Å². The van der Waals surface area contributed by atoms with Crippen molar-refractivity contribution in [1.29, 1.82) is 0 Å². The van der Waals surface area contributed by atoms with E-state index in [0.29, 0.717) is 6.04 Å². The summed E-state index contributed by atoms with van der Waals surface area (Å²) < 4.78 is 0. The van der Waals surface area contributed by atoms with Crippen LogP contribution >= 0.6 is 11.3 Å². The van der Waals surface area contributed by atoms with Crippen molar-refractivity contribution in [2.45, 2.75) is 64.3 Å². The van der Waals surface area contributed by atoms with E-state index in [1.165, 1.54) is 63.7 Å². The summed E-state index contributed by atoms with van der Waals surface area (Å²) >= 11 is 1.72. The van der Waals surface area contributed by atoms with Crippen LogP contribution in [0.3, 0.4) is 0 Å². The molecule has 1 aromatic rings. The van der Waals surface area contributed by atoms with Crippen LogP contribution in [0.25, 0.3) is 0 Å². The summed E-state index contributed by atoms with van der Waals surface area (Å²) in [5, 5.41) is 10.3. The van der Waals surface area contributed by atoms with E-state index in [-0.39, 0.29) is 0 Å². The van der Waals surface area contributed by atoms with Gasteiger partial charge in [0, 0.05) is 44.5 Å². The van der Waals surface area contributed by atoms with Crippen LogP contribution in [0.1, 0.15) is 55.6 Å². The van der Waals surface area contributed by atoms with E-state index in [9.17, 15) is 0 Å². The molecule has 2 fully saturated rings. The third-order valence-electron chi connectivity index (χ3n) is 5.79. The predicted octanol–water partition coefficient (Wildman–Crippen LogP) is 3.20. The summed E-state index contributed by atoms with van der Waals surface area (Å²) in [6, 6.07) is 0.664. The van der Waals surface area contributed by atoms with Gasteiger partial charge in [-0.15, -0.1) is 11.3 Å². The van der Waals surface area contributed by atoms with Crippen LogP contribution < -0.4 is 10.6 Å². The largest absolute Gasteiger partial charge is 0.356 e. The van der Waals surface area contributed by atoms with Crippen molar-refractivity contribution in [2.75, 3.05) is 33.2 Å². The van der Waals surface area contributed by atoms with Crippen LogP contribution in [-0.4, -0.2) is 55.1 Å². The number of thiazole rings is 1. The molecule has 1 aliphatic carbocycles. The van der Waals surface area contributed by atoms with Gasteiger partial charge in [0.05, 0.1) is 10.7 Å². The first-order chi connectivity index (χ1) is 12.7. The van der Waals surface area contributed by atoms with Gasteiger partial charge in [-0.1, -0.05) is 19.3 Å². The summed E-state index contributed by atoms with van der Waals surface area (Å²) in [5.41, 5.74) is 1.17. The molecule has 26 heavy (non-hydrogen) atoms. The number of hydrogen-bond acceptors (Lipinski definition) is 4. The lowest BCUT2D eigenvalue weighted by molar-refractivity contribution is 0.188. The zero-order valence-corrected chi connectivity index (χ0v) is 17.3. The minimum Gasteiger partial charge on any atom is -0.356 e. The fourth-order valence-corrected chi connectivity index (χ4v) is 4.98. The molecular formula is C20H35N5S. The second-order valence-corrected chi connectivity index (χ2v) is 8.85. The molecule has 0 bridgehead atoms. The van der Waals surface area contributed by atoms with Gasteiger partial charge in [-0.25, -0.2) is 4.98 Å². The Hall–Kier alpha value is -1.14. The molecule has 2 heterocycles. The van der Waals surface area contributed by atoms with Crippen molar-refractivity contribution < 1.29 is 0 Å². The molecule has 6 heteroatoms. The fraction of sp³-hybridized carbons (Fsp3) is 0.800. The predicted molar refractivity (Wildman–Crippen MR) is 111 cm³/mol. The molecule has 3 rings (SSSR count). The number of rotatable bonds is 7. The summed E-state index contributed by atoms with van der Waals surface area (Å²) in [6.07, 6.45) is 10.8. The Morgan fingerprint density at radius 1 is 1.23 bits per heavy atom. The topological polar surface area (TPSA) is 52.6 Å². The van der Waals surface area contributed by atoms with Crippen molar-refractivity contribution in [3.63, 3.8) is 0 Å². The minimum atomic E-state index is 0.664. The Bertz CT molecular complexity index is 564. The zero-order valence-electron chi connectivity index (χ0n) is 16.5. The third kappa shape index (κ3) is 5.95. The molecule has 0 aromatic carbocycles. The maximum Gasteiger partial charge on any atom is 0.191 e. The highest BCUT2D eigenvalue weighted by Crippen LogP contribution is 2.27. The molecule has 146 valence electrons. The molecule has 2 N–H and O–H groups in total. The van der Waals surface area contributed by atoms with Crippen LogP contribution in [0.5, 0.6) is 0 Å². The van der Waals surface area contributed by atoms with Gasteiger partial charge in [0.1, 0.15) is 0 Å². The number of aromatic nitrogens is 1. The van der Waals surface area contributed by atoms with E-state index in [1.54, 1.807) is 11.3 Å². The van der Waals surface area contributed by atoms with Crippen LogP contribution in [0.2, 0.25) is 0 Å². The fourth-order valence-electron chi connectivity index (χ4n) is 4.34. The Morgan fingerprint density at radius 3 is 2.81 bits per heavy atom. The molecular weight excluding hydrogens is 342 g/mol. The van der Waals surface area contributed by atoms with Gasteiger partial charge in [-0.3, -0.25) is 9.89 Å². The van der Waals surface area contributed by atoms with Gasteiger partial charge in [0.15, 0.2) is 5.96 Å². The molecule has 0 spiro atoms. The van der Waals surface area contributed by atoms with Crippen LogP contribution in [-0.2, 0) is 6.42 Å². The molecule has 1 atom stereocenters. The number of aliphatic imine (C=N–C) groups is 1. The van der Waals surface area contributed by atoms with Crippen molar-refractivity contribution in [1.82, 2.24) is 20.5 Å². The molecule has 1 aromatic heterocycles. The van der Waals surface area contributed by atoms with Crippen LogP contribution in [0.4, 0.5) is 0 Å². The standard InChI is InChI=1S/C20H35N5S/c1-16-24-18(15-26-16)10-11-22-20(21-2)23-13-19-9-6-12-25(19)14-17-7-4-3-5-8-17/h15,17,19H,3-14H2,1-2H3,(H2,21,22,23). The van der Waals surface area contributed by atoms with E-state index in [1.807, 2.05) is 7.05 Å². The lowest BCUT2D eigenvalue weighted by Gasteiger charge is -2.31. The molecule has 0 radical (unpaired) electrons. The summed E-state index contributed by atoms with van der Waals surface area (Å²) in [7, 11) is 1.86. The van der Waals surface area contributed by atoms with Gasteiger partial charge >= 0.3 is 0 Å². The average Bonchev–Trinajstić information content (AvgIpc) is 3.27. The van der Waals surface area contributed by atoms with Crippen molar-refractivity contribution in [2.24, 2.45) is 10.9 Å². The molecule has 1 saturated carbocycles. The number of guanidine groups is 1. The van der Waals surface area contributed by atoms with Crippen molar-refractivity contribution in [3.05, 3.63) is 16.1 Å². The maximum absolute atomic E-state index is 4.52. The maximum atomic E-state index is 4.52. The van der Waals surface area contributed by atoms with Crippen molar-refractivity contribution >= 4 is 17.3 Å². The molecule has 1 saturated heterocycles. The number of nitrogens with zero attached hydrogens (tertiary/aromatic N) is 3. The van der Waals surface area contributed by atoms with Gasteiger partial charge in [0.25, 0.3) is 0 Å². The zero-order chi connectivity index (χ0) is 18.2. The van der Waals surface area contributed by atoms with E-state index in [0.717, 1.165) is 36.4 Å². The SMILES string of the molecule is CN=C(NCCc1csc(C)n1)NCC1CCCN1CC1CCCCC1. The van der Waals surface area contributed by atoms with E-state index in [4.69, 9.17) is 0 Å². The second kappa shape index (κ2) is 10.3. The summed E-state index contributed by atoms with van der Waals surface area (Å²) in [5.74, 6) is 1.85. The Morgan fingerprint density at radius 2 is 2.08 bits per heavy atom. The highest BCUT2D eigenvalue weighted by atomic mass is 32.1. The van der Waals surface area contributed by atoms with E-state index >= 15 is 0 Å².